The molecule has 0 bridgehead atoms. The number of methoxy groups -OCH3 is 2. The van der Waals surface area contributed by atoms with Crippen molar-refractivity contribution in [3.05, 3.63) is 52.5 Å². The van der Waals surface area contributed by atoms with Gasteiger partial charge in [-0.25, -0.2) is 4.83 Å². The highest BCUT2D eigenvalue weighted by atomic mass is 79.9. The second-order valence-corrected chi connectivity index (χ2v) is 6.92. The van der Waals surface area contributed by atoms with Crippen molar-refractivity contribution in [2.24, 2.45) is 5.10 Å². The first kappa shape index (κ1) is 17.3. The van der Waals surface area contributed by atoms with Crippen LogP contribution in [0.1, 0.15) is 5.56 Å². The second-order valence-electron chi connectivity index (χ2n) is 4.40. The molecule has 0 atom stereocenters. The normalized spacial score (nSPS) is 11.4. The van der Waals surface area contributed by atoms with Crippen LogP contribution in [0.25, 0.3) is 0 Å². The number of hydrogen-bond acceptors (Lipinski definition) is 5. The molecule has 0 spiro atoms. The molecule has 6 nitrogen and oxygen atoms in total. The molecule has 122 valence electrons. The summed E-state index contributed by atoms with van der Waals surface area (Å²) >= 11 is 3.36. The lowest BCUT2D eigenvalue weighted by molar-refractivity contribution is 0.353. The first-order valence-corrected chi connectivity index (χ1v) is 8.77. The van der Waals surface area contributed by atoms with Crippen LogP contribution in [0.3, 0.4) is 0 Å². The molecule has 8 heteroatoms. The Labute approximate surface area is 143 Å². The molecule has 23 heavy (non-hydrogen) atoms. The number of nitrogens with zero attached hydrogens (tertiary/aromatic N) is 1. The third-order valence-electron chi connectivity index (χ3n) is 2.90. The predicted molar refractivity (Wildman–Crippen MR) is 91.6 cm³/mol. The molecule has 0 fully saturated rings. The average Bonchev–Trinajstić information content (AvgIpc) is 2.55. The summed E-state index contributed by atoms with van der Waals surface area (Å²) in [5.41, 5.74) is 0.644. The van der Waals surface area contributed by atoms with E-state index in [9.17, 15) is 8.42 Å². The van der Waals surface area contributed by atoms with E-state index >= 15 is 0 Å². The third-order valence-corrected chi connectivity index (χ3v) is 4.72. The van der Waals surface area contributed by atoms with Gasteiger partial charge in [0.2, 0.25) is 0 Å². The number of hydrogen-bond donors (Lipinski definition) is 1. The van der Waals surface area contributed by atoms with Gasteiger partial charge in [0.25, 0.3) is 10.0 Å². The van der Waals surface area contributed by atoms with Gasteiger partial charge in [-0.2, -0.15) is 13.5 Å². The maximum absolute atomic E-state index is 12.0. The summed E-state index contributed by atoms with van der Waals surface area (Å²) in [5, 5.41) is 3.78. The van der Waals surface area contributed by atoms with Gasteiger partial charge in [-0.15, -0.1) is 0 Å². The van der Waals surface area contributed by atoms with Crippen LogP contribution in [-0.4, -0.2) is 28.9 Å². The van der Waals surface area contributed by atoms with Crippen LogP contribution < -0.4 is 14.3 Å². The maximum Gasteiger partial charge on any atom is 0.276 e. The van der Waals surface area contributed by atoms with Crippen molar-refractivity contribution < 1.29 is 17.9 Å². The van der Waals surface area contributed by atoms with E-state index in [0.717, 1.165) is 0 Å². The second kappa shape index (κ2) is 7.47. The number of rotatable bonds is 6. The molecule has 0 heterocycles. The number of hydrazone groups is 1. The van der Waals surface area contributed by atoms with Crippen LogP contribution in [0.5, 0.6) is 11.5 Å². The smallest absolute Gasteiger partial charge is 0.276 e. The standard InChI is InChI=1S/C15H15BrN2O4S/c1-21-14-9-11(8-13(16)15(14)22-2)10-17-18-23(19,20)12-6-4-3-5-7-12/h3-10,18H,1-2H3/b17-10+. The lowest BCUT2D eigenvalue weighted by Gasteiger charge is -2.10. The molecule has 1 N–H and O–H groups in total. The zero-order valence-electron chi connectivity index (χ0n) is 12.5. The molecule has 0 amide bonds. The van der Waals surface area contributed by atoms with Crippen molar-refractivity contribution in [3.8, 4) is 11.5 Å². The zero-order chi connectivity index (χ0) is 16.9. The van der Waals surface area contributed by atoms with Gasteiger partial charge in [0, 0.05) is 0 Å². The van der Waals surface area contributed by atoms with Gasteiger partial charge < -0.3 is 9.47 Å². The fourth-order valence-corrected chi connectivity index (χ4v) is 3.27. The van der Waals surface area contributed by atoms with Crippen LogP contribution in [0, 0.1) is 0 Å². The summed E-state index contributed by atoms with van der Waals surface area (Å²) in [4.78, 5) is 2.31. The van der Waals surface area contributed by atoms with Gasteiger partial charge in [-0.1, -0.05) is 18.2 Å². The Morgan fingerprint density at radius 3 is 2.43 bits per heavy atom. The highest BCUT2D eigenvalue weighted by molar-refractivity contribution is 9.10. The Kier molecular flexibility index (Phi) is 5.62. The van der Waals surface area contributed by atoms with E-state index in [0.29, 0.717) is 21.5 Å². The highest BCUT2D eigenvalue weighted by Crippen LogP contribution is 2.35. The van der Waals surface area contributed by atoms with Crippen molar-refractivity contribution in [2.45, 2.75) is 4.90 Å². The molecule has 2 aromatic carbocycles. The summed E-state index contributed by atoms with van der Waals surface area (Å²) in [7, 11) is -0.635. The molecular formula is C15H15BrN2O4S. The molecule has 0 radical (unpaired) electrons. The summed E-state index contributed by atoms with van der Waals surface area (Å²) in [6, 6.07) is 11.4. The molecule has 0 aromatic heterocycles. The summed E-state index contributed by atoms with van der Waals surface area (Å²) in [5.74, 6) is 1.06. The molecule has 0 saturated carbocycles. The fraction of sp³-hybridized carbons (Fsp3) is 0.133. The zero-order valence-corrected chi connectivity index (χ0v) is 14.9. The van der Waals surface area contributed by atoms with Gasteiger partial charge in [0.15, 0.2) is 11.5 Å². The summed E-state index contributed by atoms with van der Waals surface area (Å²) in [6.45, 7) is 0. The number of sulfonamides is 1. The molecular weight excluding hydrogens is 384 g/mol. The largest absolute Gasteiger partial charge is 0.493 e. The van der Waals surface area contributed by atoms with Gasteiger partial charge in [0.05, 0.1) is 29.8 Å². The highest BCUT2D eigenvalue weighted by Gasteiger charge is 2.12. The molecule has 0 saturated heterocycles. The number of ether oxygens (including phenoxy) is 2. The van der Waals surface area contributed by atoms with E-state index in [1.54, 1.807) is 30.3 Å². The first-order valence-electron chi connectivity index (χ1n) is 6.49. The molecule has 0 aliphatic carbocycles. The summed E-state index contributed by atoms with van der Waals surface area (Å²) < 4.78 is 35.2. The average molecular weight is 399 g/mol. The van der Waals surface area contributed by atoms with Gasteiger partial charge in [-0.3, -0.25) is 0 Å². The van der Waals surface area contributed by atoms with Crippen LogP contribution >= 0.6 is 15.9 Å². The van der Waals surface area contributed by atoms with Gasteiger partial charge >= 0.3 is 0 Å². The Bertz CT molecular complexity index is 808. The molecule has 0 aliphatic rings. The SMILES string of the molecule is COc1cc(/C=N/NS(=O)(=O)c2ccccc2)cc(Br)c1OC. The lowest BCUT2D eigenvalue weighted by Crippen LogP contribution is -2.18. The van der Waals surface area contributed by atoms with Crippen LogP contribution in [0.4, 0.5) is 0 Å². The first-order chi connectivity index (χ1) is 11.0. The Morgan fingerprint density at radius 1 is 1.13 bits per heavy atom. The predicted octanol–water partition coefficient (Wildman–Crippen LogP) is 2.78. The Hall–Kier alpha value is -2.06. The fourth-order valence-electron chi connectivity index (χ4n) is 1.84. The Morgan fingerprint density at radius 2 is 1.83 bits per heavy atom. The van der Waals surface area contributed by atoms with Gasteiger partial charge in [0.1, 0.15) is 0 Å². The van der Waals surface area contributed by atoms with E-state index < -0.39 is 10.0 Å². The van der Waals surface area contributed by atoms with E-state index in [1.165, 1.54) is 32.6 Å². The van der Waals surface area contributed by atoms with Crippen LogP contribution in [0.2, 0.25) is 0 Å². The molecule has 0 unspecified atom stereocenters. The van der Waals surface area contributed by atoms with Crippen molar-refractivity contribution >= 4 is 32.2 Å². The van der Waals surface area contributed by atoms with Crippen LogP contribution in [0.15, 0.2) is 56.9 Å². The van der Waals surface area contributed by atoms with E-state index in [2.05, 4.69) is 25.9 Å². The van der Waals surface area contributed by atoms with Crippen molar-refractivity contribution in [3.63, 3.8) is 0 Å². The number of halogens is 1. The minimum absolute atomic E-state index is 0.144. The number of nitrogens with one attached hydrogen (secondary N) is 1. The minimum atomic E-state index is -3.68. The third kappa shape index (κ3) is 4.23. The maximum atomic E-state index is 12.0. The molecule has 2 rings (SSSR count). The lowest BCUT2D eigenvalue weighted by atomic mass is 10.2. The minimum Gasteiger partial charge on any atom is -0.493 e. The van der Waals surface area contributed by atoms with E-state index in [4.69, 9.17) is 9.47 Å². The summed E-state index contributed by atoms with van der Waals surface area (Å²) in [6.07, 6.45) is 1.38. The monoisotopic (exact) mass is 398 g/mol. The van der Waals surface area contributed by atoms with Crippen LogP contribution in [-0.2, 0) is 10.0 Å². The molecule has 2 aromatic rings. The number of benzene rings is 2. The van der Waals surface area contributed by atoms with Crippen molar-refractivity contribution in [1.29, 1.82) is 0 Å². The quantitative estimate of drug-likeness (QED) is 0.599. The van der Waals surface area contributed by atoms with E-state index in [-0.39, 0.29) is 4.90 Å². The van der Waals surface area contributed by atoms with Gasteiger partial charge in [-0.05, 0) is 45.8 Å². The molecule has 0 aliphatic heterocycles. The Balaban J connectivity index is 2.20. The van der Waals surface area contributed by atoms with E-state index in [1.807, 2.05) is 0 Å². The van der Waals surface area contributed by atoms with Crippen molar-refractivity contribution in [1.82, 2.24) is 4.83 Å². The van der Waals surface area contributed by atoms with Crippen molar-refractivity contribution in [2.75, 3.05) is 14.2 Å². The topological polar surface area (TPSA) is 77.0 Å².